The van der Waals surface area contributed by atoms with Gasteiger partial charge in [0.2, 0.25) is 26.0 Å². The zero-order valence-corrected chi connectivity index (χ0v) is 18.1. The Morgan fingerprint density at radius 2 is 1.87 bits per heavy atom. The minimum atomic E-state index is -4.03. The number of nitrogens with one attached hydrogen (secondary N) is 1. The average Bonchev–Trinajstić information content (AvgIpc) is 3.00. The van der Waals surface area contributed by atoms with E-state index >= 15 is 0 Å². The van der Waals surface area contributed by atoms with Crippen molar-refractivity contribution in [2.75, 3.05) is 30.8 Å². The first-order valence-corrected chi connectivity index (χ1v) is 12.1. The van der Waals surface area contributed by atoms with Gasteiger partial charge in [0.1, 0.15) is 16.4 Å². The molecule has 0 unspecified atom stereocenters. The molecule has 0 radical (unpaired) electrons. The monoisotopic (exact) mass is 454 g/mol. The number of hydrogen-bond acceptors (Lipinski definition) is 7. The minimum Gasteiger partial charge on any atom is -0.497 e. The number of amides is 1. The van der Waals surface area contributed by atoms with E-state index in [0.717, 1.165) is 11.6 Å². The largest absolute Gasteiger partial charge is 0.497 e. The van der Waals surface area contributed by atoms with E-state index in [2.05, 4.69) is 4.72 Å². The van der Waals surface area contributed by atoms with Crippen molar-refractivity contribution in [2.45, 2.75) is 17.7 Å². The lowest BCUT2D eigenvalue weighted by atomic mass is 10.1. The number of benzene rings is 2. The molecule has 1 amide bonds. The molecule has 1 heterocycles. The highest BCUT2D eigenvalue weighted by Gasteiger charge is 2.37. The summed E-state index contributed by atoms with van der Waals surface area (Å²) in [7, 11) is -4.99. The molecule has 0 aromatic heterocycles. The van der Waals surface area contributed by atoms with E-state index < -0.39 is 26.0 Å². The molecule has 0 saturated carbocycles. The molecule has 30 heavy (non-hydrogen) atoms. The van der Waals surface area contributed by atoms with Crippen LogP contribution in [0.5, 0.6) is 11.5 Å². The lowest BCUT2D eigenvalue weighted by Gasteiger charge is -2.18. The van der Waals surface area contributed by atoms with Gasteiger partial charge in [0, 0.05) is 13.0 Å². The standard InChI is InChI=1S/C19H22N2O7S2/c1-27-16-5-3-4-14(12-16)8-10-20-30(25,26)18-13-15(6-7-17(18)28-2)21-19(22)9-11-29(21,23)24/h3-7,12-13,20H,8-11H2,1-2H3. The van der Waals surface area contributed by atoms with Gasteiger partial charge in [0.05, 0.1) is 25.7 Å². The first kappa shape index (κ1) is 22.1. The zero-order chi connectivity index (χ0) is 21.9. The number of carbonyl (C=O) groups excluding carboxylic acids is 1. The van der Waals surface area contributed by atoms with Crippen LogP contribution in [0.1, 0.15) is 12.0 Å². The second-order valence-corrected chi connectivity index (χ2v) is 10.2. The summed E-state index contributed by atoms with van der Waals surface area (Å²) in [5.41, 5.74) is 0.845. The molecule has 0 aliphatic carbocycles. The summed E-state index contributed by atoms with van der Waals surface area (Å²) in [6, 6.07) is 11.1. The number of carbonyl (C=O) groups is 1. The summed E-state index contributed by atoms with van der Waals surface area (Å²) < 4.78 is 63.5. The maximum atomic E-state index is 12.9. The summed E-state index contributed by atoms with van der Waals surface area (Å²) in [6.07, 6.45) is 0.270. The molecule has 0 bridgehead atoms. The van der Waals surface area contributed by atoms with Gasteiger partial charge in [0.15, 0.2) is 0 Å². The molecule has 2 aromatic carbocycles. The fraction of sp³-hybridized carbons (Fsp3) is 0.316. The Labute approximate surface area is 175 Å². The van der Waals surface area contributed by atoms with Crippen LogP contribution < -0.4 is 18.5 Å². The topological polar surface area (TPSA) is 119 Å². The van der Waals surface area contributed by atoms with Gasteiger partial charge in [-0.1, -0.05) is 12.1 Å². The average molecular weight is 455 g/mol. The molecule has 1 fully saturated rings. The van der Waals surface area contributed by atoms with E-state index in [4.69, 9.17) is 9.47 Å². The fourth-order valence-electron chi connectivity index (χ4n) is 3.11. The van der Waals surface area contributed by atoms with E-state index in [1.165, 1.54) is 19.2 Å². The van der Waals surface area contributed by atoms with Crippen molar-refractivity contribution in [1.82, 2.24) is 4.72 Å². The Hall–Kier alpha value is -2.63. The van der Waals surface area contributed by atoms with Crippen LogP contribution in [0, 0.1) is 0 Å². The number of hydrogen-bond donors (Lipinski definition) is 1. The highest BCUT2D eigenvalue weighted by molar-refractivity contribution is 7.94. The van der Waals surface area contributed by atoms with Crippen molar-refractivity contribution >= 4 is 31.6 Å². The third-order valence-electron chi connectivity index (χ3n) is 4.59. The SMILES string of the molecule is COc1cccc(CCNS(=O)(=O)c2cc(N3C(=O)CCS3(=O)=O)ccc2OC)c1. The predicted molar refractivity (Wildman–Crippen MR) is 111 cm³/mol. The Balaban J connectivity index is 1.84. The summed E-state index contributed by atoms with van der Waals surface area (Å²) in [5.74, 6) is -0.203. The molecule has 9 nitrogen and oxygen atoms in total. The molecule has 3 rings (SSSR count). The highest BCUT2D eigenvalue weighted by Crippen LogP contribution is 2.32. The van der Waals surface area contributed by atoms with Crippen molar-refractivity contribution < 1.29 is 31.1 Å². The maximum Gasteiger partial charge on any atom is 0.244 e. The van der Waals surface area contributed by atoms with Crippen LogP contribution in [0.25, 0.3) is 0 Å². The third kappa shape index (κ3) is 4.58. The van der Waals surface area contributed by atoms with Crippen molar-refractivity contribution in [3.8, 4) is 11.5 Å². The van der Waals surface area contributed by atoms with Crippen LogP contribution in [-0.2, 0) is 31.3 Å². The number of rotatable bonds is 8. The number of ether oxygens (including phenoxy) is 2. The van der Waals surface area contributed by atoms with Gasteiger partial charge < -0.3 is 9.47 Å². The van der Waals surface area contributed by atoms with Gasteiger partial charge in [-0.15, -0.1) is 0 Å². The number of nitrogens with zero attached hydrogens (tertiary/aromatic N) is 1. The fourth-order valence-corrected chi connectivity index (χ4v) is 5.78. The van der Waals surface area contributed by atoms with Gasteiger partial charge in [-0.3, -0.25) is 4.79 Å². The smallest absolute Gasteiger partial charge is 0.244 e. The Morgan fingerprint density at radius 3 is 2.50 bits per heavy atom. The van der Waals surface area contributed by atoms with Crippen molar-refractivity contribution in [3.05, 3.63) is 48.0 Å². The Kier molecular flexibility index (Phi) is 6.34. The molecular weight excluding hydrogens is 432 g/mol. The van der Waals surface area contributed by atoms with Crippen LogP contribution in [0.3, 0.4) is 0 Å². The first-order valence-electron chi connectivity index (χ1n) is 9.04. The van der Waals surface area contributed by atoms with Gasteiger partial charge >= 0.3 is 0 Å². The second-order valence-electron chi connectivity index (χ2n) is 6.56. The van der Waals surface area contributed by atoms with Crippen LogP contribution in [0.15, 0.2) is 47.4 Å². The van der Waals surface area contributed by atoms with Gasteiger partial charge in [-0.2, -0.15) is 0 Å². The second kappa shape index (κ2) is 8.62. The first-order chi connectivity index (χ1) is 14.2. The molecule has 1 N–H and O–H groups in total. The third-order valence-corrected chi connectivity index (χ3v) is 7.76. The van der Waals surface area contributed by atoms with Crippen LogP contribution in [0.4, 0.5) is 5.69 Å². The molecule has 1 aliphatic heterocycles. The molecule has 1 aliphatic rings. The van der Waals surface area contributed by atoms with E-state index in [1.807, 2.05) is 12.1 Å². The van der Waals surface area contributed by atoms with Gasteiger partial charge in [-0.05, 0) is 42.3 Å². The van der Waals surface area contributed by atoms with E-state index in [0.29, 0.717) is 16.5 Å². The summed E-state index contributed by atoms with van der Waals surface area (Å²) >= 11 is 0. The molecular formula is C19H22N2O7S2. The number of methoxy groups -OCH3 is 2. The Morgan fingerprint density at radius 1 is 1.10 bits per heavy atom. The van der Waals surface area contributed by atoms with Gasteiger partial charge in [0.25, 0.3) is 0 Å². The van der Waals surface area contributed by atoms with Crippen LogP contribution in [-0.4, -0.2) is 49.3 Å². The van der Waals surface area contributed by atoms with Gasteiger partial charge in [-0.25, -0.2) is 25.9 Å². The predicted octanol–water partition coefficient (Wildman–Crippen LogP) is 1.29. The molecule has 11 heteroatoms. The van der Waals surface area contributed by atoms with Crippen molar-refractivity contribution in [2.24, 2.45) is 0 Å². The highest BCUT2D eigenvalue weighted by atomic mass is 32.2. The molecule has 2 aromatic rings. The molecule has 1 saturated heterocycles. The Bertz CT molecular complexity index is 1160. The lowest BCUT2D eigenvalue weighted by Crippen LogP contribution is -2.30. The quantitative estimate of drug-likeness (QED) is 0.638. The van der Waals surface area contributed by atoms with Crippen LogP contribution in [0.2, 0.25) is 0 Å². The number of sulfonamides is 2. The summed E-state index contributed by atoms with van der Waals surface area (Å²) in [5, 5.41) is 0. The summed E-state index contributed by atoms with van der Waals surface area (Å²) in [4.78, 5) is 11.8. The molecule has 0 atom stereocenters. The van der Waals surface area contributed by atoms with Crippen LogP contribution >= 0.6 is 0 Å². The normalized spacial score (nSPS) is 15.9. The lowest BCUT2D eigenvalue weighted by molar-refractivity contribution is -0.116. The van der Waals surface area contributed by atoms with Crippen molar-refractivity contribution in [3.63, 3.8) is 0 Å². The number of anilines is 1. The van der Waals surface area contributed by atoms with E-state index in [9.17, 15) is 21.6 Å². The molecule has 0 spiro atoms. The minimum absolute atomic E-state index is 0.0357. The molecule has 162 valence electrons. The zero-order valence-electron chi connectivity index (χ0n) is 16.5. The van der Waals surface area contributed by atoms with Crippen molar-refractivity contribution in [1.29, 1.82) is 0 Å². The van der Waals surface area contributed by atoms with E-state index in [-0.39, 0.29) is 35.1 Å². The maximum absolute atomic E-state index is 12.9. The van der Waals surface area contributed by atoms with E-state index in [1.54, 1.807) is 19.2 Å². The summed E-state index contributed by atoms with van der Waals surface area (Å²) in [6.45, 7) is 0.101.